The fourth-order valence-corrected chi connectivity index (χ4v) is 1.85. The Hall–Kier alpha value is -2.16. The van der Waals surface area contributed by atoms with E-state index in [-0.39, 0.29) is 11.3 Å². The molecule has 0 radical (unpaired) electrons. The molecule has 0 aromatic heterocycles. The highest BCUT2D eigenvalue weighted by Gasteiger charge is 2.11. The molecule has 0 unspecified atom stereocenters. The highest BCUT2D eigenvalue weighted by Crippen LogP contribution is 2.30. The van der Waals surface area contributed by atoms with Gasteiger partial charge in [-0.15, -0.1) is 0 Å². The molecule has 2 nitrogen and oxygen atoms in total. The maximum atomic E-state index is 13.5. The Labute approximate surface area is 105 Å². The number of hydrogen-bond acceptors (Lipinski definition) is 2. The predicted molar refractivity (Wildman–Crippen MR) is 68.4 cm³/mol. The maximum Gasteiger partial charge on any atom is 0.162 e. The second-order valence-corrected chi connectivity index (χ2v) is 3.95. The topological polar surface area (TPSA) is 26.3 Å². The first kappa shape index (κ1) is 12.3. The van der Waals surface area contributed by atoms with E-state index in [1.165, 1.54) is 13.0 Å². The summed E-state index contributed by atoms with van der Waals surface area (Å²) in [6.45, 7) is 1.35. The molecule has 2 aromatic rings. The van der Waals surface area contributed by atoms with E-state index in [9.17, 15) is 9.18 Å². The van der Waals surface area contributed by atoms with Crippen molar-refractivity contribution < 1.29 is 13.9 Å². The van der Waals surface area contributed by atoms with Gasteiger partial charge in [0, 0.05) is 5.56 Å². The SMILES string of the molecule is COc1ccccc1-c1ccc(F)c(C(C)=O)c1. The largest absolute Gasteiger partial charge is 0.496 e. The number of rotatable bonds is 3. The third-order valence-corrected chi connectivity index (χ3v) is 2.76. The zero-order valence-corrected chi connectivity index (χ0v) is 10.2. The quantitative estimate of drug-likeness (QED) is 0.769. The molecule has 92 valence electrons. The number of benzene rings is 2. The second kappa shape index (κ2) is 5.00. The van der Waals surface area contributed by atoms with Crippen LogP contribution in [0.4, 0.5) is 4.39 Å². The standard InChI is InChI=1S/C15H13FO2/c1-10(17)13-9-11(7-8-14(13)16)12-5-3-4-6-15(12)18-2/h3-9H,1-2H3. The number of methoxy groups -OCH3 is 1. The van der Waals surface area contributed by atoms with Gasteiger partial charge < -0.3 is 4.74 Å². The molecular formula is C15H13FO2. The van der Waals surface area contributed by atoms with Crippen molar-refractivity contribution in [1.82, 2.24) is 0 Å². The lowest BCUT2D eigenvalue weighted by molar-refractivity contribution is 0.101. The average Bonchev–Trinajstić information content (AvgIpc) is 2.39. The van der Waals surface area contributed by atoms with Crippen molar-refractivity contribution in [2.24, 2.45) is 0 Å². The molecule has 0 heterocycles. The van der Waals surface area contributed by atoms with E-state index in [1.54, 1.807) is 19.2 Å². The molecule has 0 bridgehead atoms. The molecule has 0 saturated carbocycles. The Morgan fingerprint density at radius 1 is 1.17 bits per heavy atom. The van der Waals surface area contributed by atoms with E-state index < -0.39 is 5.82 Å². The highest BCUT2D eigenvalue weighted by molar-refractivity contribution is 5.95. The minimum Gasteiger partial charge on any atom is -0.496 e. The number of carbonyl (C=O) groups excluding carboxylic acids is 1. The lowest BCUT2D eigenvalue weighted by Crippen LogP contribution is -1.97. The van der Waals surface area contributed by atoms with Gasteiger partial charge in [-0.05, 0) is 30.7 Å². The van der Waals surface area contributed by atoms with Gasteiger partial charge in [0.2, 0.25) is 0 Å². The first-order chi connectivity index (χ1) is 8.63. The van der Waals surface area contributed by atoms with Crippen molar-refractivity contribution in [3.63, 3.8) is 0 Å². The molecule has 0 aliphatic carbocycles. The lowest BCUT2D eigenvalue weighted by atomic mass is 10.0. The molecule has 2 aromatic carbocycles. The molecule has 0 atom stereocenters. The van der Waals surface area contributed by atoms with Crippen LogP contribution in [0.25, 0.3) is 11.1 Å². The Morgan fingerprint density at radius 2 is 1.89 bits per heavy atom. The Morgan fingerprint density at radius 3 is 2.56 bits per heavy atom. The molecular weight excluding hydrogens is 231 g/mol. The van der Waals surface area contributed by atoms with Crippen LogP contribution in [0.5, 0.6) is 5.75 Å². The molecule has 0 spiro atoms. The number of para-hydroxylation sites is 1. The number of carbonyl (C=O) groups is 1. The Bertz CT molecular complexity index is 591. The van der Waals surface area contributed by atoms with Crippen LogP contribution >= 0.6 is 0 Å². The van der Waals surface area contributed by atoms with Crippen LogP contribution < -0.4 is 4.74 Å². The summed E-state index contributed by atoms with van der Waals surface area (Å²) in [7, 11) is 1.58. The summed E-state index contributed by atoms with van der Waals surface area (Å²) in [5.41, 5.74) is 1.69. The Balaban J connectivity index is 2.58. The summed E-state index contributed by atoms with van der Waals surface area (Å²) in [5, 5.41) is 0. The van der Waals surface area contributed by atoms with Crippen molar-refractivity contribution in [1.29, 1.82) is 0 Å². The van der Waals surface area contributed by atoms with Crippen LogP contribution in [-0.4, -0.2) is 12.9 Å². The van der Waals surface area contributed by atoms with Gasteiger partial charge in [0.25, 0.3) is 0 Å². The van der Waals surface area contributed by atoms with E-state index in [0.717, 1.165) is 11.1 Å². The van der Waals surface area contributed by atoms with Crippen LogP contribution in [-0.2, 0) is 0 Å². The molecule has 0 N–H and O–H groups in total. The zero-order chi connectivity index (χ0) is 13.1. The van der Waals surface area contributed by atoms with Crippen molar-refractivity contribution in [2.45, 2.75) is 6.92 Å². The van der Waals surface area contributed by atoms with Crippen LogP contribution in [0.3, 0.4) is 0 Å². The van der Waals surface area contributed by atoms with E-state index >= 15 is 0 Å². The van der Waals surface area contributed by atoms with E-state index in [0.29, 0.717) is 5.75 Å². The number of halogens is 1. The van der Waals surface area contributed by atoms with Crippen molar-refractivity contribution in [2.75, 3.05) is 7.11 Å². The second-order valence-electron chi connectivity index (χ2n) is 3.95. The number of hydrogen-bond donors (Lipinski definition) is 0. The summed E-state index contributed by atoms with van der Waals surface area (Å²) in [6.07, 6.45) is 0. The fourth-order valence-electron chi connectivity index (χ4n) is 1.85. The molecule has 0 fully saturated rings. The predicted octanol–water partition coefficient (Wildman–Crippen LogP) is 3.70. The molecule has 3 heteroatoms. The van der Waals surface area contributed by atoms with Gasteiger partial charge >= 0.3 is 0 Å². The Kier molecular flexibility index (Phi) is 3.42. The summed E-state index contributed by atoms with van der Waals surface area (Å²) in [6, 6.07) is 11.9. The summed E-state index contributed by atoms with van der Waals surface area (Å²) >= 11 is 0. The molecule has 2 rings (SSSR count). The van der Waals surface area contributed by atoms with Crippen LogP contribution in [0, 0.1) is 5.82 Å². The van der Waals surface area contributed by atoms with Gasteiger partial charge in [0.1, 0.15) is 11.6 Å². The minimum absolute atomic E-state index is 0.0957. The number of ketones is 1. The lowest BCUT2D eigenvalue weighted by Gasteiger charge is -2.09. The van der Waals surface area contributed by atoms with Gasteiger partial charge in [-0.25, -0.2) is 4.39 Å². The maximum absolute atomic E-state index is 13.5. The summed E-state index contributed by atoms with van der Waals surface area (Å²) in [5.74, 6) is -0.0935. The molecule has 0 aliphatic heterocycles. The van der Waals surface area contributed by atoms with E-state index in [1.807, 2.05) is 24.3 Å². The van der Waals surface area contributed by atoms with Crippen LogP contribution in [0.15, 0.2) is 42.5 Å². The smallest absolute Gasteiger partial charge is 0.162 e. The first-order valence-electron chi connectivity index (χ1n) is 5.57. The molecule has 0 aliphatic rings. The monoisotopic (exact) mass is 244 g/mol. The third kappa shape index (κ3) is 2.25. The van der Waals surface area contributed by atoms with Crippen molar-refractivity contribution in [3.05, 3.63) is 53.8 Å². The van der Waals surface area contributed by atoms with Crippen molar-refractivity contribution >= 4 is 5.78 Å². The number of ether oxygens (including phenoxy) is 1. The molecule has 0 saturated heterocycles. The van der Waals surface area contributed by atoms with E-state index in [2.05, 4.69) is 0 Å². The first-order valence-corrected chi connectivity index (χ1v) is 5.57. The number of Topliss-reactive ketones (excluding diaryl/α,β-unsaturated/α-hetero) is 1. The van der Waals surface area contributed by atoms with E-state index in [4.69, 9.17) is 4.74 Å². The highest BCUT2D eigenvalue weighted by atomic mass is 19.1. The van der Waals surface area contributed by atoms with Gasteiger partial charge in [-0.3, -0.25) is 4.79 Å². The normalized spacial score (nSPS) is 10.2. The summed E-state index contributed by atoms with van der Waals surface area (Å²) < 4.78 is 18.7. The average molecular weight is 244 g/mol. The van der Waals surface area contributed by atoms with Crippen LogP contribution in [0.2, 0.25) is 0 Å². The van der Waals surface area contributed by atoms with Crippen LogP contribution in [0.1, 0.15) is 17.3 Å². The minimum atomic E-state index is -0.499. The fraction of sp³-hybridized carbons (Fsp3) is 0.133. The van der Waals surface area contributed by atoms with Crippen molar-refractivity contribution in [3.8, 4) is 16.9 Å². The summed E-state index contributed by atoms with van der Waals surface area (Å²) in [4.78, 5) is 11.3. The van der Waals surface area contributed by atoms with Gasteiger partial charge in [0.15, 0.2) is 5.78 Å². The molecule has 18 heavy (non-hydrogen) atoms. The van der Waals surface area contributed by atoms with Gasteiger partial charge in [-0.2, -0.15) is 0 Å². The molecule has 0 amide bonds. The van der Waals surface area contributed by atoms with Gasteiger partial charge in [-0.1, -0.05) is 24.3 Å². The zero-order valence-electron chi connectivity index (χ0n) is 10.2. The third-order valence-electron chi connectivity index (χ3n) is 2.76. The van der Waals surface area contributed by atoms with Gasteiger partial charge in [0.05, 0.1) is 12.7 Å².